The minimum Gasteiger partial charge on any atom is -0.398 e. The van der Waals surface area contributed by atoms with Gasteiger partial charge in [-0.25, -0.2) is 0 Å². The lowest BCUT2D eigenvalue weighted by Gasteiger charge is -2.06. The highest BCUT2D eigenvalue weighted by Gasteiger charge is 2.10. The number of hydrogen-bond donors (Lipinski definition) is 1. The van der Waals surface area contributed by atoms with Crippen LogP contribution in [-0.4, -0.2) is 11.7 Å². The highest BCUT2D eigenvalue weighted by molar-refractivity contribution is 6.33. The van der Waals surface area contributed by atoms with Crippen molar-refractivity contribution >= 4 is 34.7 Å². The molecule has 0 amide bonds. The van der Waals surface area contributed by atoms with Gasteiger partial charge in [0.25, 0.3) is 0 Å². The zero-order valence-electron chi connectivity index (χ0n) is 7.10. The van der Waals surface area contributed by atoms with Gasteiger partial charge in [-0.2, -0.15) is 0 Å². The van der Waals surface area contributed by atoms with Crippen LogP contribution in [-0.2, 0) is 0 Å². The van der Waals surface area contributed by atoms with Gasteiger partial charge in [0.1, 0.15) is 0 Å². The molecule has 0 fully saturated rings. The molecule has 1 rings (SSSR count). The van der Waals surface area contributed by atoms with Crippen molar-refractivity contribution in [3.8, 4) is 0 Å². The van der Waals surface area contributed by atoms with Crippen molar-refractivity contribution in [2.75, 3.05) is 11.6 Å². The summed E-state index contributed by atoms with van der Waals surface area (Å²) in [7, 11) is 0. The Kier molecular flexibility index (Phi) is 3.17. The summed E-state index contributed by atoms with van der Waals surface area (Å²) in [5, 5.41) is 0.455. The molecule has 2 nitrogen and oxygen atoms in total. The number of nitrogen functional groups attached to an aromatic ring is 1. The third-order valence-electron chi connectivity index (χ3n) is 1.83. The molecule has 0 unspecified atom stereocenters. The molecule has 1 aromatic carbocycles. The molecule has 70 valence electrons. The molecule has 0 aromatic heterocycles. The number of carbonyl (C=O) groups excluding carboxylic acids is 1. The molecule has 2 N–H and O–H groups in total. The maximum absolute atomic E-state index is 11.3. The number of benzene rings is 1. The second kappa shape index (κ2) is 3.99. The average Bonchev–Trinajstić information content (AvgIpc) is 2.10. The molecule has 0 aliphatic rings. The quantitative estimate of drug-likeness (QED) is 0.471. The van der Waals surface area contributed by atoms with E-state index in [1.54, 1.807) is 19.1 Å². The summed E-state index contributed by atoms with van der Waals surface area (Å²) in [5.41, 5.74) is 7.38. The number of nitrogens with two attached hydrogens (primary N) is 1. The van der Waals surface area contributed by atoms with E-state index in [9.17, 15) is 4.79 Å². The van der Waals surface area contributed by atoms with Crippen molar-refractivity contribution in [1.82, 2.24) is 0 Å². The number of ketones is 1. The normalized spacial score (nSPS) is 10.1. The van der Waals surface area contributed by atoms with Gasteiger partial charge in [-0.15, -0.1) is 11.6 Å². The molecule has 0 aliphatic carbocycles. The summed E-state index contributed by atoms with van der Waals surface area (Å²) in [6, 6.07) is 3.19. The Bertz CT molecular complexity index is 350. The number of alkyl halides is 1. The van der Waals surface area contributed by atoms with Crippen LogP contribution in [0.25, 0.3) is 0 Å². The van der Waals surface area contributed by atoms with Crippen molar-refractivity contribution in [2.24, 2.45) is 0 Å². The van der Waals surface area contributed by atoms with Gasteiger partial charge in [-0.3, -0.25) is 4.79 Å². The third-order valence-corrected chi connectivity index (χ3v) is 2.30. The van der Waals surface area contributed by atoms with E-state index < -0.39 is 0 Å². The number of carbonyl (C=O) groups is 1. The standard InChI is InChI=1S/C9H9Cl2NO/c1-5-7(9(13)4-10)2-6(11)3-8(5)12/h2-3H,4,12H2,1H3. The van der Waals surface area contributed by atoms with Crippen LogP contribution in [0.2, 0.25) is 5.02 Å². The highest BCUT2D eigenvalue weighted by Crippen LogP contribution is 2.22. The molecule has 0 aliphatic heterocycles. The Balaban J connectivity index is 3.28. The van der Waals surface area contributed by atoms with Crippen LogP contribution >= 0.6 is 23.2 Å². The van der Waals surface area contributed by atoms with Gasteiger partial charge in [0.15, 0.2) is 5.78 Å². The van der Waals surface area contributed by atoms with E-state index in [1.165, 1.54) is 0 Å². The lowest BCUT2D eigenvalue weighted by Crippen LogP contribution is -2.05. The molecule has 0 spiro atoms. The largest absolute Gasteiger partial charge is 0.398 e. The Hall–Kier alpha value is -0.730. The van der Waals surface area contributed by atoms with E-state index >= 15 is 0 Å². The number of Topliss-reactive ketones (excluding diaryl/α,β-unsaturated/α-hetero) is 1. The second-order valence-corrected chi connectivity index (χ2v) is 3.43. The van der Waals surface area contributed by atoms with E-state index in [1.807, 2.05) is 0 Å². The van der Waals surface area contributed by atoms with Crippen LogP contribution in [0.5, 0.6) is 0 Å². The van der Waals surface area contributed by atoms with Crippen molar-refractivity contribution in [2.45, 2.75) is 6.92 Å². The first kappa shape index (κ1) is 10.4. The molecule has 0 saturated heterocycles. The summed E-state index contributed by atoms with van der Waals surface area (Å²) in [6.45, 7) is 1.77. The summed E-state index contributed by atoms with van der Waals surface area (Å²) in [5.74, 6) is -0.214. The molecule has 13 heavy (non-hydrogen) atoms. The highest BCUT2D eigenvalue weighted by atomic mass is 35.5. The van der Waals surface area contributed by atoms with Crippen LogP contribution in [0, 0.1) is 6.92 Å². The van der Waals surface area contributed by atoms with Gasteiger partial charge in [0.2, 0.25) is 0 Å². The van der Waals surface area contributed by atoms with E-state index in [2.05, 4.69) is 0 Å². The zero-order chi connectivity index (χ0) is 10.0. The molecule has 1 aromatic rings. The fraction of sp³-hybridized carbons (Fsp3) is 0.222. The monoisotopic (exact) mass is 217 g/mol. The Morgan fingerprint density at radius 1 is 1.54 bits per heavy atom. The molecular weight excluding hydrogens is 209 g/mol. The van der Waals surface area contributed by atoms with E-state index in [4.69, 9.17) is 28.9 Å². The summed E-state index contributed by atoms with van der Waals surface area (Å²) >= 11 is 11.2. The van der Waals surface area contributed by atoms with Gasteiger partial charge in [0, 0.05) is 16.3 Å². The Labute approximate surface area is 86.6 Å². The second-order valence-electron chi connectivity index (χ2n) is 2.72. The Morgan fingerprint density at radius 3 is 2.69 bits per heavy atom. The molecule has 0 bridgehead atoms. The van der Waals surface area contributed by atoms with Crippen molar-refractivity contribution in [3.63, 3.8) is 0 Å². The zero-order valence-corrected chi connectivity index (χ0v) is 8.62. The van der Waals surface area contributed by atoms with Gasteiger partial charge in [0.05, 0.1) is 5.88 Å². The molecular formula is C9H9Cl2NO. The number of halogens is 2. The van der Waals surface area contributed by atoms with Gasteiger partial charge in [-0.05, 0) is 24.6 Å². The van der Waals surface area contributed by atoms with E-state index in [0.29, 0.717) is 16.3 Å². The number of anilines is 1. The lowest BCUT2D eigenvalue weighted by atomic mass is 10.0. The van der Waals surface area contributed by atoms with Crippen LogP contribution in [0.15, 0.2) is 12.1 Å². The molecule has 0 radical (unpaired) electrons. The van der Waals surface area contributed by atoms with E-state index in [0.717, 1.165) is 5.56 Å². The fourth-order valence-corrected chi connectivity index (χ4v) is 1.43. The minimum absolute atomic E-state index is 0.0549. The molecule has 0 heterocycles. The number of rotatable bonds is 2. The SMILES string of the molecule is Cc1c(N)cc(Cl)cc1C(=O)CCl. The first-order valence-electron chi connectivity index (χ1n) is 3.71. The molecule has 4 heteroatoms. The first-order chi connectivity index (χ1) is 6.06. The predicted octanol–water partition coefficient (Wildman–Crippen LogP) is 2.65. The van der Waals surface area contributed by atoms with Gasteiger partial charge in [-0.1, -0.05) is 11.6 Å². The van der Waals surface area contributed by atoms with Gasteiger partial charge < -0.3 is 5.73 Å². The molecule has 0 saturated carbocycles. The maximum Gasteiger partial charge on any atom is 0.177 e. The number of hydrogen-bond acceptors (Lipinski definition) is 2. The first-order valence-corrected chi connectivity index (χ1v) is 4.62. The predicted molar refractivity (Wildman–Crippen MR) is 55.7 cm³/mol. The van der Waals surface area contributed by atoms with Crippen molar-refractivity contribution in [3.05, 3.63) is 28.3 Å². The van der Waals surface area contributed by atoms with Gasteiger partial charge >= 0.3 is 0 Å². The Morgan fingerprint density at radius 2 is 2.15 bits per heavy atom. The molecule has 0 atom stereocenters. The van der Waals surface area contributed by atoms with Crippen LogP contribution in [0.4, 0.5) is 5.69 Å². The summed E-state index contributed by atoms with van der Waals surface area (Å²) < 4.78 is 0. The van der Waals surface area contributed by atoms with Crippen LogP contribution in [0.3, 0.4) is 0 Å². The summed E-state index contributed by atoms with van der Waals surface area (Å²) in [6.07, 6.45) is 0. The fourth-order valence-electron chi connectivity index (χ4n) is 1.06. The smallest absolute Gasteiger partial charge is 0.177 e. The van der Waals surface area contributed by atoms with Crippen LogP contribution < -0.4 is 5.73 Å². The topological polar surface area (TPSA) is 43.1 Å². The van der Waals surface area contributed by atoms with Crippen molar-refractivity contribution in [1.29, 1.82) is 0 Å². The third kappa shape index (κ3) is 2.14. The van der Waals surface area contributed by atoms with Crippen molar-refractivity contribution < 1.29 is 4.79 Å². The van der Waals surface area contributed by atoms with E-state index in [-0.39, 0.29) is 11.7 Å². The lowest BCUT2D eigenvalue weighted by molar-refractivity contribution is 0.102. The van der Waals surface area contributed by atoms with Crippen LogP contribution in [0.1, 0.15) is 15.9 Å². The minimum atomic E-state index is -0.159. The maximum atomic E-state index is 11.3. The summed E-state index contributed by atoms with van der Waals surface area (Å²) in [4.78, 5) is 11.3. The average molecular weight is 218 g/mol.